The van der Waals surface area contributed by atoms with Crippen molar-refractivity contribution in [3.8, 4) is 5.75 Å². The van der Waals surface area contributed by atoms with Gasteiger partial charge in [-0.1, -0.05) is 35.9 Å². The van der Waals surface area contributed by atoms with Crippen LogP contribution in [0.5, 0.6) is 5.75 Å². The van der Waals surface area contributed by atoms with Crippen LogP contribution in [0.4, 0.5) is 0 Å². The zero-order valence-electron chi connectivity index (χ0n) is 18.0. The number of aliphatic hydroxyl groups excluding tert-OH is 1. The number of likely N-dealkylation sites (N-methyl/N-ethyl adjacent to an activating group) is 1. The molecule has 0 fully saturated rings. The molecule has 2 heterocycles. The quantitative estimate of drug-likeness (QED) is 0.538. The van der Waals surface area contributed by atoms with Crippen LogP contribution in [0.3, 0.4) is 0 Å². The lowest BCUT2D eigenvalue weighted by Crippen LogP contribution is -2.36. The number of halogens is 1. The minimum atomic E-state index is -0.762. The Kier molecular flexibility index (Phi) is 5.95. The third-order valence-corrected chi connectivity index (χ3v) is 5.73. The lowest BCUT2D eigenvalue weighted by Gasteiger charge is -2.27. The molecule has 32 heavy (non-hydrogen) atoms. The lowest BCUT2D eigenvalue weighted by molar-refractivity contribution is -0.129. The number of Topliss-reactive ketones (excluding diaryl/α,β-unsaturated/α-hetero) is 1. The average molecular weight is 455 g/mol. The monoisotopic (exact) mass is 454 g/mol. The molecule has 166 valence electrons. The molecular formula is C24H23ClN2O5. The van der Waals surface area contributed by atoms with Gasteiger partial charge in [0, 0.05) is 23.5 Å². The Morgan fingerprint density at radius 2 is 1.94 bits per heavy atom. The highest BCUT2D eigenvalue weighted by Crippen LogP contribution is 2.40. The smallest absolute Gasteiger partial charge is 0.290 e. The second-order valence-corrected chi connectivity index (χ2v) is 8.27. The van der Waals surface area contributed by atoms with Crippen LogP contribution < -0.4 is 4.74 Å². The van der Waals surface area contributed by atoms with Gasteiger partial charge in [-0.2, -0.15) is 0 Å². The van der Waals surface area contributed by atoms with E-state index in [-0.39, 0.29) is 11.3 Å². The summed E-state index contributed by atoms with van der Waals surface area (Å²) in [6, 6.07) is 13.0. The Balaban J connectivity index is 1.79. The average Bonchev–Trinajstić information content (AvgIpc) is 3.32. The summed E-state index contributed by atoms with van der Waals surface area (Å²) in [4.78, 5) is 29.9. The van der Waals surface area contributed by atoms with E-state index >= 15 is 0 Å². The molecule has 1 aromatic heterocycles. The predicted octanol–water partition coefficient (Wildman–Crippen LogP) is 4.23. The minimum absolute atomic E-state index is 0.0194. The van der Waals surface area contributed by atoms with Crippen LogP contribution in [0.25, 0.3) is 11.0 Å². The van der Waals surface area contributed by atoms with Gasteiger partial charge >= 0.3 is 0 Å². The summed E-state index contributed by atoms with van der Waals surface area (Å²) in [5.41, 5.74) is 1.08. The van der Waals surface area contributed by atoms with Crippen molar-refractivity contribution < 1.29 is 23.8 Å². The van der Waals surface area contributed by atoms with E-state index in [1.807, 2.05) is 19.0 Å². The molecule has 1 amide bonds. The maximum absolute atomic E-state index is 13.5. The normalized spacial score (nSPS) is 16.5. The summed E-state index contributed by atoms with van der Waals surface area (Å²) in [5, 5.41) is 12.0. The summed E-state index contributed by atoms with van der Waals surface area (Å²) >= 11 is 6.04. The second-order valence-electron chi connectivity index (χ2n) is 7.84. The third-order valence-electron chi connectivity index (χ3n) is 5.47. The third kappa shape index (κ3) is 3.85. The van der Waals surface area contributed by atoms with Crippen LogP contribution in [0.15, 0.2) is 64.3 Å². The number of hydrogen-bond donors (Lipinski definition) is 1. The van der Waals surface area contributed by atoms with Crippen molar-refractivity contribution in [3.63, 3.8) is 0 Å². The Morgan fingerprint density at radius 1 is 1.22 bits per heavy atom. The number of fused-ring (bicyclic) bond motifs is 1. The highest BCUT2D eigenvalue weighted by atomic mass is 35.5. The van der Waals surface area contributed by atoms with Crippen molar-refractivity contribution in [1.82, 2.24) is 9.80 Å². The first-order valence-electron chi connectivity index (χ1n) is 10.1. The number of ketones is 1. The van der Waals surface area contributed by atoms with Crippen molar-refractivity contribution in [2.45, 2.75) is 6.04 Å². The van der Waals surface area contributed by atoms with Gasteiger partial charge in [0.15, 0.2) is 22.9 Å². The predicted molar refractivity (Wildman–Crippen MR) is 121 cm³/mol. The highest BCUT2D eigenvalue weighted by Gasteiger charge is 2.44. The van der Waals surface area contributed by atoms with Gasteiger partial charge in [0.1, 0.15) is 0 Å². The fourth-order valence-electron chi connectivity index (χ4n) is 3.86. The lowest BCUT2D eigenvalue weighted by atomic mass is 9.95. The fraction of sp³-hybridized carbons (Fsp3) is 0.250. The van der Waals surface area contributed by atoms with Crippen molar-refractivity contribution in [2.75, 3.05) is 34.3 Å². The van der Waals surface area contributed by atoms with E-state index in [2.05, 4.69) is 0 Å². The van der Waals surface area contributed by atoms with Crippen LogP contribution in [0, 0.1) is 0 Å². The van der Waals surface area contributed by atoms with E-state index in [9.17, 15) is 14.7 Å². The zero-order valence-corrected chi connectivity index (χ0v) is 18.7. The van der Waals surface area contributed by atoms with Crippen molar-refractivity contribution >= 4 is 34.3 Å². The van der Waals surface area contributed by atoms with E-state index in [4.69, 9.17) is 20.8 Å². The number of nitrogens with zero attached hydrogens (tertiary/aromatic N) is 2. The highest BCUT2D eigenvalue weighted by molar-refractivity contribution is 6.30. The van der Waals surface area contributed by atoms with Crippen LogP contribution in [-0.4, -0.2) is 60.9 Å². The Hall–Kier alpha value is -3.29. The molecule has 3 aromatic rings. The van der Waals surface area contributed by atoms with Gasteiger partial charge < -0.3 is 24.1 Å². The number of amides is 1. The number of rotatable bonds is 7. The van der Waals surface area contributed by atoms with E-state index in [1.54, 1.807) is 48.5 Å². The van der Waals surface area contributed by atoms with Gasteiger partial charge in [-0.05, 0) is 43.9 Å². The van der Waals surface area contributed by atoms with E-state index < -0.39 is 23.5 Å². The molecule has 0 aliphatic carbocycles. The van der Waals surface area contributed by atoms with Crippen LogP contribution in [-0.2, 0) is 4.79 Å². The van der Waals surface area contributed by atoms with Crippen LogP contribution >= 0.6 is 11.6 Å². The summed E-state index contributed by atoms with van der Waals surface area (Å²) in [5.74, 6) is -1.21. The zero-order chi connectivity index (χ0) is 23.0. The first-order valence-corrected chi connectivity index (χ1v) is 10.4. The summed E-state index contributed by atoms with van der Waals surface area (Å²) in [6.07, 6.45) is 0. The van der Waals surface area contributed by atoms with E-state index in [0.717, 1.165) is 0 Å². The second kappa shape index (κ2) is 8.68. The molecule has 1 aliphatic rings. The molecule has 0 saturated heterocycles. The largest absolute Gasteiger partial charge is 0.503 e. The first-order chi connectivity index (χ1) is 15.3. The topological polar surface area (TPSA) is 83.2 Å². The Labute approximate surface area is 190 Å². The fourth-order valence-corrected chi connectivity index (χ4v) is 3.98. The molecule has 1 aliphatic heterocycles. The number of aliphatic hydroxyl groups is 1. The maximum atomic E-state index is 13.5. The van der Waals surface area contributed by atoms with Crippen molar-refractivity contribution in [2.24, 2.45) is 0 Å². The number of para-hydroxylation sites is 1. The van der Waals surface area contributed by atoms with Crippen molar-refractivity contribution in [1.29, 1.82) is 0 Å². The van der Waals surface area contributed by atoms with Gasteiger partial charge in [-0.25, -0.2) is 0 Å². The number of carbonyl (C=O) groups is 2. The molecule has 1 atom stereocenters. The van der Waals surface area contributed by atoms with Crippen LogP contribution in [0.2, 0.25) is 5.02 Å². The standard InChI is InChI=1S/C24H23ClN2O5/c1-26(2)11-12-27-20(14-7-9-16(25)10-8-14)19(22(29)24(27)30)21(28)18-13-15-5-4-6-17(31-3)23(15)32-18/h4-10,13,20,29H,11-12H2,1-3H3/t20-/m0/s1. The molecule has 2 aromatic carbocycles. The molecule has 0 spiro atoms. The number of furan rings is 1. The summed E-state index contributed by atoms with van der Waals surface area (Å²) < 4.78 is 11.1. The van der Waals surface area contributed by atoms with Gasteiger partial charge in [0.05, 0.1) is 18.7 Å². The molecule has 0 radical (unpaired) electrons. The number of benzene rings is 2. The van der Waals surface area contributed by atoms with Gasteiger partial charge in [0.25, 0.3) is 5.91 Å². The molecule has 0 saturated carbocycles. The number of hydrogen-bond acceptors (Lipinski definition) is 6. The Morgan fingerprint density at radius 3 is 2.59 bits per heavy atom. The van der Waals surface area contributed by atoms with E-state index in [0.29, 0.717) is 40.4 Å². The Bertz CT molecular complexity index is 1210. The molecule has 0 unspecified atom stereocenters. The van der Waals surface area contributed by atoms with Gasteiger partial charge in [0.2, 0.25) is 5.78 Å². The van der Waals surface area contributed by atoms with Crippen LogP contribution in [0.1, 0.15) is 22.2 Å². The number of methoxy groups -OCH3 is 1. The van der Waals surface area contributed by atoms with Crippen molar-refractivity contribution in [3.05, 3.63) is 76.2 Å². The number of ether oxygens (including phenoxy) is 1. The van der Waals surface area contributed by atoms with Gasteiger partial charge in [-0.15, -0.1) is 0 Å². The summed E-state index contributed by atoms with van der Waals surface area (Å²) in [6.45, 7) is 0.889. The molecular weight excluding hydrogens is 432 g/mol. The molecule has 0 bridgehead atoms. The summed E-state index contributed by atoms with van der Waals surface area (Å²) in [7, 11) is 5.29. The van der Waals surface area contributed by atoms with Gasteiger partial charge in [-0.3, -0.25) is 9.59 Å². The molecule has 7 nitrogen and oxygen atoms in total. The minimum Gasteiger partial charge on any atom is -0.503 e. The molecule has 8 heteroatoms. The number of carbonyl (C=O) groups excluding carboxylic acids is 2. The SMILES string of the molecule is COc1cccc2cc(C(=O)C3=C(O)C(=O)N(CCN(C)C)[C@H]3c3ccc(Cl)cc3)oc12. The van der Waals surface area contributed by atoms with E-state index in [1.165, 1.54) is 12.0 Å². The first kappa shape index (κ1) is 21.9. The molecule has 4 rings (SSSR count). The maximum Gasteiger partial charge on any atom is 0.290 e. The molecule has 1 N–H and O–H groups in total.